The van der Waals surface area contributed by atoms with Crippen LogP contribution in [0.4, 0.5) is 0 Å². The Morgan fingerprint density at radius 2 is 2.20 bits per heavy atom. The van der Waals surface area contributed by atoms with Crippen molar-refractivity contribution in [1.29, 1.82) is 0 Å². The molecule has 1 rings (SSSR count). The van der Waals surface area contributed by atoms with Crippen molar-refractivity contribution in [2.45, 2.75) is 40.2 Å². The van der Waals surface area contributed by atoms with Crippen LogP contribution in [0, 0.1) is 5.92 Å². The number of carbonyl (C=O) groups is 1. The van der Waals surface area contributed by atoms with Crippen molar-refractivity contribution < 1.29 is 4.79 Å². The van der Waals surface area contributed by atoms with Gasteiger partial charge in [-0.15, -0.1) is 11.3 Å². The zero-order valence-corrected chi connectivity index (χ0v) is 10.5. The number of rotatable bonds is 4. The number of hydrogen-bond donors (Lipinski definition) is 1. The molecular weight excluding hydrogens is 208 g/mol. The average molecular weight is 226 g/mol. The topological polar surface area (TPSA) is 42.0 Å². The summed E-state index contributed by atoms with van der Waals surface area (Å²) in [6, 6.07) is 0.0106. The minimum absolute atomic E-state index is 0.0106. The molecule has 0 unspecified atom stereocenters. The first-order valence-electron chi connectivity index (χ1n) is 5.29. The molecule has 0 aliphatic carbocycles. The second-order valence-corrected chi connectivity index (χ2v) is 4.85. The lowest BCUT2D eigenvalue weighted by molar-refractivity contribution is -0.124. The van der Waals surface area contributed by atoms with E-state index in [1.165, 1.54) is 0 Å². The number of thiazole rings is 1. The van der Waals surface area contributed by atoms with Crippen LogP contribution in [0.3, 0.4) is 0 Å². The fourth-order valence-corrected chi connectivity index (χ4v) is 1.98. The molecule has 0 saturated heterocycles. The Kier molecular flexibility index (Phi) is 4.27. The van der Waals surface area contributed by atoms with Gasteiger partial charge in [-0.05, 0) is 13.3 Å². The molecule has 84 valence electrons. The molecule has 0 aliphatic rings. The van der Waals surface area contributed by atoms with Gasteiger partial charge in [0, 0.05) is 11.3 Å². The third-order valence-corrected chi connectivity index (χ3v) is 3.21. The van der Waals surface area contributed by atoms with Crippen LogP contribution in [-0.2, 0) is 11.2 Å². The summed E-state index contributed by atoms with van der Waals surface area (Å²) in [4.78, 5) is 15.9. The Morgan fingerprint density at radius 3 is 2.67 bits per heavy atom. The largest absolute Gasteiger partial charge is 0.348 e. The Balaban J connectivity index is 2.60. The summed E-state index contributed by atoms with van der Waals surface area (Å²) in [5, 5.41) is 6.08. The second-order valence-electron chi connectivity index (χ2n) is 3.90. The summed E-state index contributed by atoms with van der Waals surface area (Å²) in [5.74, 6) is 0.102. The van der Waals surface area contributed by atoms with Crippen LogP contribution >= 0.6 is 11.3 Å². The fraction of sp³-hybridized carbons (Fsp3) is 0.636. The Morgan fingerprint density at radius 1 is 1.53 bits per heavy atom. The Hall–Kier alpha value is -0.900. The van der Waals surface area contributed by atoms with Crippen LogP contribution in [-0.4, -0.2) is 10.9 Å². The van der Waals surface area contributed by atoms with Gasteiger partial charge in [-0.25, -0.2) is 4.98 Å². The van der Waals surface area contributed by atoms with Crippen LogP contribution in [0.15, 0.2) is 5.38 Å². The highest BCUT2D eigenvalue weighted by Gasteiger charge is 2.14. The van der Waals surface area contributed by atoms with Crippen LogP contribution in [0.5, 0.6) is 0 Å². The number of nitrogens with zero attached hydrogens (tertiary/aromatic N) is 1. The fourth-order valence-electron chi connectivity index (χ4n) is 1.14. The molecule has 0 saturated carbocycles. The molecule has 1 heterocycles. The number of aryl methyl sites for hydroxylation is 1. The molecule has 0 bridgehead atoms. The lowest BCUT2D eigenvalue weighted by Crippen LogP contribution is -2.30. The maximum Gasteiger partial charge on any atom is 0.223 e. The molecular formula is C11H18N2OS. The van der Waals surface area contributed by atoms with Gasteiger partial charge >= 0.3 is 0 Å². The van der Waals surface area contributed by atoms with E-state index in [1.807, 2.05) is 26.2 Å². The van der Waals surface area contributed by atoms with E-state index in [0.717, 1.165) is 17.1 Å². The van der Waals surface area contributed by atoms with Gasteiger partial charge in [-0.3, -0.25) is 4.79 Å². The quantitative estimate of drug-likeness (QED) is 0.857. The summed E-state index contributed by atoms with van der Waals surface area (Å²) in [6.07, 6.45) is 0.954. The van der Waals surface area contributed by atoms with E-state index in [1.54, 1.807) is 11.3 Å². The van der Waals surface area contributed by atoms with E-state index >= 15 is 0 Å². The van der Waals surface area contributed by atoms with Gasteiger partial charge in [-0.2, -0.15) is 0 Å². The van der Waals surface area contributed by atoms with Gasteiger partial charge in [0.15, 0.2) is 0 Å². The first-order chi connectivity index (χ1) is 7.04. The van der Waals surface area contributed by atoms with Gasteiger partial charge in [-0.1, -0.05) is 20.8 Å². The van der Waals surface area contributed by atoms with Gasteiger partial charge < -0.3 is 5.32 Å². The lowest BCUT2D eigenvalue weighted by atomic mass is 10.2. The van der Waals surface area contributed by atoms with Crippen LogP contribution in [0.25, 0.3) is 0 Å². The van der Waals surface area contributed by atoms with Crippen molar-refractivity contribution >= 4 is 17.2 Å². The third kappa shape index (κ3) is 3.30. The van der Waals surface area contributed by atoms with Crippen molar-refractivity contribution in [3.63, 3.8) is 0 Å². The first-order valence-corrected chi connectivity index (χ1v) is 6.17. The molecule has 0 aliphatic heterocycles. The monoisotopic (exact) mass is 226 g/mol. The van der Waals surface area contributed by atoms with Crippen molar-refractivity contribution in [3.8, 4) is 0 Å². The Labute approximate surface area is 94.9 Å². The standard InChI is InChI=1S/C11H18N2OS/c1-5-10-13-9(6-15-10)8(4)12-11(14)7(2)3/h6-8H,5H2,1-4H3,(H,12,14)/t8-/m0/s1. The molecule has 1 N–H and O–H groups in total. The molecule has 1 amide bonds. The normalized spacial score (nSPS) is 12.9. The summed E-state index contributed by atoms with van der Waals surface area (Å²) in [7, 11) is 0. The van der Waals surface area contributed by atoms with E-state index in [2.05, 4.69) is 17.2 Å². The zero-order valence-electron chi connectivity index (χ0n) is 9.70. The predicted octanol–water partition coefficient (Wildman–Crippen LogP) is 2.54. The van der Waals surface area contributed by atoms with Gasteiger partial charge in [0.2, 0.25) is 5.91 Å². The summed E-state index contributed by atoms with van der Waals surface area (Å²) in [5.41, 5.74) is 0.964. The number of aromatic nitrogens is 1. The highest BCUT2D eigenvalue weighted by atomic mass is 32.1. The number of hydrogen-bond acceptors (Lipinski definition) is 3. The molecule has 3 nitrogen and oxygen atoms in total. The predicted molar refractivity (Wildman–Crippen MR) is 62.9 cm³/mol. The first kappa shape index (κ1) is 12.2. The summed E-state index contributed by atoms with van der Waals surface area (Å²) >= 11 is 1.65. The van der Waals surface area contributed by atoms with Gasteiger partial charge in [0.05, 0.1) is 16.7 Å². The molecule has 0 radical (unpaired) electrons. The minimum atomic E-state index is 0.0106. The van der Waals surface area contributed by atoms with E-state index in [-0.39, 0.29) is 17.9 Å². The molecule has 4 heteroatoms. The summed E-state index contributed by atoms with van der Waals surface area (Å²) < 4.78 is 0. The molecule has 1 atom stereocenters. The van der Waals surface area contributed by atoms with E-state index in [4.69, 9.17) is 0 Å². The van der Waals surface area contributed by atoms with Crippen LogP contribution in [0.1, 0.15) is 44.4 Å². The van der Waals surface area contributed by atoms with Crippen molar-refractivity contribution in [1.82, 2.24) is 10.3 Å². The maximum atomic E-state index is 11.5. The molecule has 1 aromatic heterocycles. The smallest absolute Gasteiger partial charge is 0.223 e. The number of carbonyl (C=O) groups excluding carboxylic acids is 1. The number of nitrogens with one attached hydrogen (secondary N) is 1. The highest BCUT2D eigenvalue weighted by Crippen LogP contribution is 2.17. The zero-order chi connectivity index (χ0) is 11.4. The Bertz CT molecular complexity index is 333. The number of amides is 1. The minimum Gasteiger partial charge on any atom is -0.348 e. The second kappa shape index (κ2) is 5.26. The molecule has 0 aromatic carbocycles. The van der Waals surface area contributed by atoms with E-state index in [9.17, 15) is 4.79 Å². The lowest BCUT2D eigenvalue weighted by Gasteiger charge is -2.13. The molecule has 0 fully saturated rings. The highest BCUT2D eigenvalue weighted by molar-refractivity contribution is 7.09. The van der Waals surface area contributed by atoms with E-state index < -0.39 is 0 Å². The van der Waals surface area contributed by atoms with Gasteiger partial charge in [0.1, 0.15) is 0 Å². The third-order valence-electron chi connectivity index (χ3n) is 2.20. The van der Waals surface area contributed by atoms with Crippen LogP contribution in [0.2, 0.25) is 0 Å². The van der Waals surface area contributed by atoms with Crippen LogP contribution < -0.4 is 5.32 Å². The van der Waals surface area contributed by atoms with Crippen molar-refractivity contribution in [2.75, 3.05) is 0 Å². The molecule has 1 aromatic rings. The maximum absolute atomic E-state index is 11.5. The van der Waals surface area contributed by atoms with Gasteiger partial charge in [0.25, 0.3) is 0 Å². The van der Waals surface area contributed by atoms with Crippen molar-refractivity contribution in [3.05, 3.63) is 16.1 Å². The molecule has 0 spiro atoms. The average Bonchev–Trinajstić information content (AvgIpc) is 2.65. The molecule has 15 heavy (non-hydrogen) atoms. The summed E-state index contributed by atoms with van der Waals surface area (Å²) in [6.45, 7) is 7.83. The SMILES string of the molecule is CCc1nc([C@H](C)NC(=O)C(C)C)cs1. The van der Waals surface area contributed by atoms with E-state index in [0.29, 0.717) is 0 Å². The van der Waals surface area contributed by atoms with Crippen molar-refractivity contribution in [2.24, 2.45) is 5.92 Å².